The van der Waals surface area contributed by atoms with Crippen LogP contribution in [0, 0.1) is 0 Å². The minimum atomic E-state index is 0.0996. The molecule has 0 aliphatic rings. The Morgan fingerprint density at radius 2 is 1.12 bits per heavy atom. The molecule has 0 radical (unpaired) electrons. The molecule has 3 aromatic rings. The first-order chi connectivity index (χ1) is 12.7. The zero-order valence-corrected chi connectivity index (χ0v) is 15.6. The number of hydrogen-bond donors (Lipinski definition) is 2. The zero-order valence-electron chi connectivity index (χ0n) is 14.9. The summed E-state index contributed by atoms with van der Waals surface area (Å²) in [6.07, 6.45) is 1.79. The summed E-state index contributed by atoms with van der Waals surface area (Å²) in [6.45, 7) is 1.33. The second-order valence-corrected chi connectivity index (χ2v) is 6.92. The van der Waals surface area contributed by atoms with Gasteiger partial charge in [-0.2, -0.15) is 0 Å². The van der Waals surface area contributed by atoms with Crippen molar-refractivity contribution in [1.29, 1.82) is 0 Å². The molecule has 0 aliphatic heterocycles. The van der Waals surface area contributed by atoms with Crippen LogP contribution in [0.5, 0.6) is 0 Å². The van der Waals surface area contributed by atoms with E-state index in [0.717, 1.165) is 23.4 Å². The molecular weight excluding hydrogens is 340 g/mol. The number of nitrogens with two attached hydrogens (primary N) is 2. The lowest BCUT2D eigenvalue weighted by atomic mass is 9.84. The molecule has 2 nitrogen and oxygen atoms in total. The molecule has 0 spiro atoms. The van der Waals surface area contributed by atoms with E-state index in [1.54, 1.807) is 0 Å². The molecule has 4 N–H and O–H groups in total. The average molecular weight is 365 g/mol. The highest BCUT2D eigenvalue weighted by Crippen LogP contribution is 2.36. The Morgan fingerprint density at radius 3 is 1.54 bits per heavy atom. The minimum Gasteiger partial charge on any atom is -0.330 e. The topological polar surface area (TPSA) is 52.0 Å². The third-order valence-corrected chi connectivity index (χ3v) is 5.05. The van der Waals surface area contributed by atoms with Gasteiger partial charge in [-0.25, -0.2) is 0 Å². The number of hydrogen-bond acceptors (Lipinski definition) is 2. The maximum Gasteiger partial charge on any atom is 0.0447 e. The van der Waals surface area contributed by atoms with Gasteiger partial charge < -0.3 is 11.5 Å². The van der Waals surface area contributed by atoms with Crippen LogP contribution in [-0.4, -0.2) is 13.1 Å². The predicted molar refractivity (Wildman–Crippen MR) is 111 cm³/mol. The molecule has 0 saturated carbocycles. The molecule has 0 unspecified atom stereocenters. The number of rotatable bonds is 7. The van der Waals surface area contributed by atoms with Crippen molar-refractivity contribution < 1.29 is 0 Å². The summed E-state index contributed by atoms with van der Waals surface area (Å²) in [5, 5.41) is 0.787. The Balaban J connectivity index is 2.03. The minimum absolute atomic E-state index is 0.0996. The molecule has 0 bridgehead atoms. The van der Waals surface area contributed by atoms with Crippen molar-refractivity contribution in [1.82, 2.24) is 0 Å². The van der Waals surface area contributed by atoms with Gasteiger partial charge in [-0.05, 0) is 59.8 Å². The van der Waals surface area contributed by atoms with Gasteiger partial charge in [0.05, 0.1) is 0 Å². The van der Waals surface area contributed by atoms with Crippen molar-refractivity contribution in [3.8, 4) is 0 Å². The van der Waals surface area contributed by atoms with E-state index in [1.165, 1.54) is 22.3 Å². The summed E-state index contributed by atoms with van der Waals surface area (Å²) >= 11 is 6.55. The van der Waals surface area contributed by atoms with Gasteiger partial charge in [0.2, 0.25) is 0 Å². The first-order valence-corrected chi connectivity index (χ1v) is 9.43. The lowest BCUT2D eigenvalue weighted by Crippen LogP contribution is -2.07. The fraction of sp³-hybridized carbons (Fsp3) is 0.217. The van der Waals surface area contributed by atoms with Crippen molar-refractivity contribution in [3.63, 3.8) is 0 Å². The molecule has 0 amide bonds. The highest BCUT2D eigenvalue weighted by Gasteiger charge is 2.19. The maximum absolute atomic E-state index is 6.55. The Hall–Kier alpha value is -2.13. The van der Waals surface area contributed by atoms with Crippen LogP contribution in [0.1, 0.15) is 33.7 Å². The van der Waals surface area contributed by atoms with E-state index in [0.29, 0.717) is 13.1 Å². The third kappa shape index (κ3) is 4.34. The Kier molecular flexibility index (Phi) is 6.45. The van der Waals surface area contributed by atoms with E-state index in [9.17, 15) is 0 Å². The molecule has 0 atom stereocenters. The van der Waals surface area contributed by atoms with Gasteiger partial charge in [-0.15, -0.1) is 0 Å². The van der Waals surface area contributed by atoms with E-state index in [4.69, 9.17) is 23.1 Å². The fourth-order valence-corrected chi connectivity index (χ4v) is 3.59. The van der Waals surface area contributed by atoms with Gasteiger partial charge in [-0.3, -0.25) is 0 Å². The summed E-state index contributed by atoms with van der Waals surface area (Å²) in [7, 11) is 0. The molecule has 0 aromatic heterocycles. The smallest absolute Gasteiger partial charge is 0.0447 e. The van der Waals surface area contributed by atoms with Gasteiger partial charge in [0.25, 0.3) is 0 Å². The van der Waals surface area contributed by atoms with Crippen LogP contribution >= 0.6 is 11.6 Å². The first kappa shape index (κ1) is 18.7. The van der Waals surface area contributed by atoms with Crippen molar-refractivity contribution in [2.75, 3.05) is 13.1 Å². The van der Waals surface area contributed by atoms with Gasteiger partial charge in [0, 0.05) is 10.9 Å². The lowest BCUT2D eigenvalue weighted by molar-refractivity contribution is 0.941. The summed E-state index contributed by atoms with van der Waals surface area (Å²) in [6, 6.07) is 25.5. The van der Waals surface area contributed by atoms with Crippen LogP contribution in [0.4, 0.5) is 0 Å². The second kappa shape index (κ2) is 9.00. The molecule has 0 aliphatic carbocycles. The normalized spacial score (nSPS) is 11.1. The molecule has 0 heterocycles. The van der Waals surface area contributed by atoms with E-state index in [1.807, 2.05) is 18.2 Å². The van der Waals surface area contributed by atoms with Gasteiger partial charge in [0.15, 0.2) is 0 Å². The molecule has 3 aromatic carbocycles. The molecule has 134 valence electrons. The Bertz CT molecular complexity index is 776. The van der Waals surface area contributed by atoms with Crippen molar-refractivity contribution >= 4 is 11.6 Å². The maximum atomic E-state index is 6.55. The SMILES string of the molecule is NCCc1ccc(C(c2ccc(CCN)cc2)c2ccccc2Cl)cc1. The van der Waals surface area contributed by atoms with Crippen molar-refractivity contribution in [2.24, 2.45) is 11.5 Å². The standard InChI is InChI=1S/C23H25ClN2/c24-22-4-2-1-3-21(22)23(19-9-5-17(6-10-19)13-15-25)20-11-7-18(8-12-20)14-16-26/h1-12,23H,13-16,25-26H2. The summed E-state index contributed by atoms with van der Waals surface area (Å²) in [4.78, 5) is 0. The molecular formula is C23H25ClN2. The van der Waals surface area contributed by atoms with E-state index >= 15 is 0 Å². The van der Waals surface area contributed by atoms with Crippen molar-refractivity contribution in [2.45, 2.75) is 18.8 Å². The monoisotopic (exact) mass is 364 g/mol. The highest BCUT2D eigenvalue weighted by atomic mass is 35.5. The van der Waals surface area contributed by atoms with Crippen LogP contribution in [0.25, 0.3) is 0 Å². The predicted octanol–water partition coefficient (Wildman–Crippen LogP) is 4.52. The molecule has 0 fully saturated rings. The fourth-order valence-electron chi connectivity index (χ4n) is 3.35. The van der Waals surface area contributed by atoms with Crippen LogP contribution in [0.3, 0.4) is 0 Å². The first-order valence-electron chi connectivity index (χ1n) is 9.05. The Labute approximate surface area is 160 Å². The van der Waals surface area contributed by atoms with Gasteiger partial charge in [-0.1, -0.05) is 78.3 Å². The van der Waals surface area contributed by atoms with Crippen LogP contribution in [0.15, 0.2) is 72.8 Å². The van der Waals surface area contributed by atoms with Crippen LogP contribution < -0.4 is 11.5 Å². The third-order valence-electron chi connectivity index (χ3n) is 4.71. The van der Waals surface area contributed by atoms with E-state index in [-0.39, 0.29) is 5.92 Å². The largest absolute Gasteiger partial charge is 0.330 e. The zero-order chi connectivity index (χ0) is 18.4. The van der Waals surface area contributed by atoms with Crippen LogP contribution in [0.2, 0.25) is 5.02 Å². The second-order valence-electron chi connectivity index (χ2n) is 6.52. The van der Waals surface area contributed by atoms with E-state index in [2.05, 4.69) is 54.6 Å². The molecule has 26 heavy (non-hydrogen) atoms. The summed E-state index contributed by atoms with van der Waals surface area (Å²) in [5.74, 6) is 0.0996. The number of benzene rings is 3. The van der Waals surface area contributed by atoms with E-state index < -0.39 is 0 Å². The Morgan fingerprint density at radius 1 is 0.654 bits per heavy atom. The molecule has 3 heteroatoms. The van der Waals surface area contributed by atoms with Crippen molar-refractivity contribution in [3.05, 3.63) is 106 Å². The summed E-state index contributed by atoms with van der Waals surface area (Å²) in [5.41, 5.74) is 17.4. The van der Waals surface area contributed by atoms with Gasteiger partial charge >= 0.3 is 0 Å². The number of halogens is 1. The quantitative estimate of drug-likeness (QED) is 0.605. The van der Waals surface area contributed by atoms with Crippen LogP contribution in [-0.2, 0) is 12.8 Å². The molecule has 3 rings (SSSR count). The summed E-state index contributed by atoms with van der Waals surface area (Å²) < 4.78 is 0. The average Bonchev–Trinajstić information content (AvgIpc) is 2.67. The lowest BCUT2D eigenvalue weighted by Gasteiger charge is -2.21. The van der Waals surface area contributed by atoms with Gasteiger partial charge in [0.1, 0.15) is 0 Å². The molecule has 0 saturated heterocycles. The highest BCUT2D eigenvalue weighted by molar-refractivity contribution is 6.31.